The highest BCUT2D eigenvalue weighted by Gasteiger charge is 2.33. The number of nitrogens with one attached hydrogen (secondary N) is 1. The number of nitrogens with zero attached hydrogens (tertiary/aromatic N) is 2. The number of aromatic nitrogens is 2. The first-order valence-electron chi connectivity index (χ1n) is 8.40. The van der Waals surface area contributed by atoms with Crippen LogP contribution in [0.4, 0.5) is 0 Å². The summed E-state index contributed by atoms with van der Waals surface area (Å²) in [7, 11) is 0. The molecule has 5 nitrogen and oxygen atoms in total. The lowest BCUT2D eigenvalue weighted by molar-refractivity contribution is -0.139. The van der Waals surface area contributed by atoms with Crippen molar-refractivity contribution in [1.82, 2.24) is 15.1 Å². The van der Waals surface area contributed by atoms with E-state index in [1.54, 1.807) is 11.8 Å². The summed E-state index contributed by atoms with van der Waals surface area (Å²) in [4.78, 5) is 16.0. The molecule has 0 aliphatic carbocycles. The number of aryl methyl sites for hydroxylation is 1. The van der Waals surface area contributed by atoms with Crippen molar-refractivity contribution < 1.29 is 9.53 Å². The second-order valence-electron chi connectivity index (χ2n) is 6.46. The van der Waals surface area contributed by atoms with Crippen LogP contribution < -0.4 is 4.74 Å². The van der Waals surface area contributed by atoms with Gasteiger partial charge in [0.25, 0.3) is 5.91 Å². The van der Waals surface area contributed by atoms with Gasteiger partial charge in [0, 0.05) is 35.3 Å². The molecule has 3 heterocycles. The predicted molar refractivity (Wildman–Crippen MR) is 93.5 cm³/mol. The predicted octanol–water partition coefficient (Wildman–Crippen LogP) is 2.98. The highest BCUT2D eigenvalue weighted by Crippen LogP contribution is 2.36. The second-order valence-corrected chi connectivity index (χ2v) is 7.53. The van der Waals surface area contributed by atoms with E-state index in [1.165, 1.54) is 0 Å². The van der Waals surface area contributed by atoms with E-state index in [4.69, 9.17) is 4.74 Å². The number of fused-ring (bicyclic) bond motifs is 1. The zero-order chi connectivity index (χ0) is 16.5. The van der Waals surface area contributed by atoms with Crippen LogP contribution in [-0.2, 0) is 4.79 Å². The average Bonchev–Trinajstić information content (AvgIpc) is 3.07. The lowest BCUT2D eigenvalue weighted by atomic mass is 9.94. The molecule has 2 aliphatic rings. The average molecular weight is 343 g/mol. The number of carbonyl (C=O) groups is 1. The number of aromatic amines is 1. The van der Waals surface area contributed by atoms with Gasteiger partial charge in [-0.3, -0.25) is 9.89 Å². The second kappa shape index (κ2) is 6.51. The van der Waals surface area contributed by atoms with Gasteiger partial charge in [0.15, 0.2) is 6.10 Å². The van der Waals surface area contributed by atoms with Crippen molar-refractivity contribution in [3.8, 4) is 5.75 Å². The fourth-order valence-corrected chi connectivity index (χ4v) is 4.39. The van der Waals surface area contributed by atoms with Gasteiger partial charge in [-0.05, 0) is 38.0 Å². The highest BCUT2D eigenvalue weighted by molar-refractivity contribution is 7.99. The normalized spacial score (nSPS) is 23.5. The molecule has 0 spiro atoms. The van der Waals surface area contributed by atoms with Gasteiger partial charge in [0.1, 0.15) is 5.75 Å². The highest BCUT2D eigenvalue weighted by atomic mass is 32.2. The van der Waals surface area contributed by atoms with E-state index >= 15 is 0 Å². The number of likely N-dealkylation sites (tertiary alicyclic amines) is 1. The van der Waals surface area contributed by atoms with Gasteiger partial charge >= 0.3 is 0 Å². The lowest BCUT2D eigenvalue weighted by Gasteiger charge is -2.35. The summed E-state index contributed by atoms with van der Waals surface area (Å²) in [5, 5.41) is 7.38. The quantitative estimate of drug-likeness (QED) is 0.911. The monoisotopic (exact) mass is 343 g/mol. The number of rotatable bonds is 2. The maximum Gasteiger partial charge on any atom is 0.264 e. The van der Waals surface area contributed by atoms with E-state index in [0.717, 1.165) is 48.0 Å². The Morgan fingerprint density at radius 1 is 1.42 bits per heavy atom. The number of hydrogen-bond acceptors (Lipinski definition) is 4. The van der Waals surface area contributed by atoms with E-state index < -0.39 is 0 Å². The summed E-state index contributed by atoms with van der Waals surface area (Å²) >= 11 is 1.70. The summed E-state index contributed by atoms with van der Waals surface area (Å²) in [6.07, 6.45) is 1.71. The standard InChI is InChI=1S/C18H21N3O2S/c1-12-9-14(20-19-12)13-5-4-8-21(10-13)18(22)16-11-24-17-7-3-2-6-15(17)23-16/h2-3,6-7,9,13,16H,4-5,8,10-11H2,1H3,(H,19,20)/t13-,16-/m0/s1. The molecule has 1 N–H and O–H groups in total. The number of carbonyl (C=O) groups excluding carboxylic acids is 1. The first kappa shape index (κ1) is 15.6. The van der Waals surface area contributed by atoms with Gasteiger partial charge in [-0.2, -0.15) is 5.10 Å². The molecule has 24 heavy (non-hydrogen) atoms. The molecule has 1 amide bonds. The molecule has 1 aromatic carbocycles. The first-order valence-corrected chi connectivity index (χ1v) is 9.38. The Balaban J connectivity index is 1.45. The van der Waals surface area contributed by atoms with Crippen molar-refractivity contribution >= 4 is 17.7 Å². The largest absolute Gasteiger partial charge is 0.479 e. The summed E-state index contributed by atoms with van der Waals surface area (Å²) in [6.45, 7) is 3.55. The van der Waals surface area contributed by atoms with Crippen molar-refractivity contribution in [2.45, 2.75) is 36.7 Å². The fourth-order valence-electron chi connectivity index (χ4n) is 3.41. The number of hydrogen-bond donors (Lipinski definition) is 1. The molecule has 0 unspecified atom stereocenters. The Labute approximate surface area is 145 Å². The molecule has 0 radical (unpaired) electrons. The number of ether oxygens (including phenoxy) is 1. The minimum atomic E-state index is -0.385. The fraction of sp³-hybridized carbons (Fsp3) is 0.444. The van der Waals surface area contributed by atoms with E-state index in [2.05, 4.69) is 16.3 Å². The van der Waals surface area contributed by atoms with Crippen molar-refractivity contribution in [2.24, 2.45) is 0 Å². The molecule has 2 aliphatic heterocycles. The van der Waals surface area contributed by atoms with E-state index in [1.807, 2.05) is 36.1 Å². The van der Waals surface area contributed by atoms with Crippen LogP contribution in [0.5, 0.6) is 5.75 Å². The van der Waals surface area contributed by atoms with Crippen LogP contribution in [0, 0.1) is 6.92 Å². The van der Waals surface area contributed by atoms with Gasteiger partial charge in [0.2, 0.25) is 0 Å². The van der Waals surface area contributed by atoms with Crippen molar-refractivity contribution in [3.63, 3.8) is 0 Å². The molecule has 6 heteroatoms. The molecular weight excluding hydrogens is 322 g/mol. The summed E-state index contributed by atoms with van der Waals surface area (Å²) in [5.41, 5.74) is 2.13. The van der Waals surface area contributed by atoms with Crippen LogP contribution in [0.25, 0.3) is 0 Å². The Morgan fingerprint density at radius 3 is 3.12 bits per heavy atom. The van der Waals surface area contributed by atoms with Crippen LogP contribution in [0.1, 0.15) is 30.1 Å². The number of thioether (sulfide) groups is 1. The van der Waals surface area contributed by atoms with Crippen LogP contribution >= 0.6 is 11.8 Å². The first-order chi connectivity index (χ1) is 11.7. The van der Waals surface area contributed by atoms with Crippen LogP contribution in [0.3, 0.4) is 0 Å². The van der Waals surface area contributed by atoms with Crippen LogP contribution in [0.15, 0.2) is 35.2 Å². The molecule has 2 atom stereocenters. The molecule has 1 fully saturated rings. The number of H-pyrrole nitrogens is 1. The van der Waals surface area contributed by atoms with Crippen molar-refractivity contribution in [1.29, 1.82) is 0 Å². The Morgan fingerprint density at radius 2 is 2.29 bits per heavy atom. The Bertz CT molecular complexity index is 745. The number of para-hydroxylation sites is 1. The minimum absolute atomic E-state index is 0.106. The Hall–Kier alpha value is -1.95. The van der Waals surface area contributed by atoms with Gasteiger partial charge in [-0.15, -0.1) is 11.8 Å². The summed E-state index contributed by atoms with van der Waals surface area (Å²) in [6, 6.07) is 10.0. The molecular formula is C18H21N3O2S. The number of benzene rings is 1. The van der Waals surface area contributed by atoms with Gasteiger partial charge in [-0.25, -0.2) is 0 Å². The van der Waals surface area contributed by atoms with E-state index in [0.29, 0.717) is 11.7 Å². The summed E-state index contributed by atoms with van der Waals surface area (Å²) < 4.78 is 5.96. The third kappa shape index (κ3) is 3.02. The smallest absolute Gasteiger partial charge is 0.264 e. The molecule has 1 aromatic heterocycles. The van der Waals surface area contributed by atoms with E-state index in [-0.39, 0.29) is 12.0 Å². The summed E-state index contributed by atoms with van der Waals surface area (Å²) in [5.74, 6) is 1.92. The van der Waals surface area contributed by atoms with E-state index in [9.17, 15) is 4.79 Å². The lowest BCUT2D eigenvalue weighted by Crippen LogP contribution is -2.48. The maximum atomic E-state index is 12.9. The molecule has 1 saturated heterocycles. The number of piperidine rings is 1. The minimum Gasteiger partial charge on any atom is -0.479 e. The van der Waals surface area contributed by atoms with Crippen LogP contribution in [0.2, 0.25) is 0 Å². The molecule has 0 bridgehead atoms. The Kier molecular flexibility index (Phi) is 4.22. The third-order valence-electron chi connectivity index (χ3n) is 4.66. The SMILES string of the molecule is Cc1cc([C@H]2CCCN(C(=O)[C@@H]3CSc4ccccc4O3)C2)n[nH]1. The zero-order valence-electron chi connectivity index (χ0n) is 13.7. The van der Waals surface area contributed by atoms with Crippen molar-refractivity contribution in [3.05, 3.63) is 41.7 Å². The number of amides is 1. The molecule has 2 aromatic rings. The van der Waals surface area contributed by atoms with Gasteiger partial charge in [-0.1, -0.05) is 12.1 Å². The van der Waals surface area contributed by atoms with Crippen LogP contribution in [-0.4, -0.2) is 46.0 Å². The maximum absolute atomic E-state index is 12.9. The van der Waals surface area contributed by atoms with Gasteiger partial charge < -0.3 is 9.64 Å². The van der Waals surface area contributed by atoms with Gasteiger partial charge in [0.05, 0.1) is 5.69 Å². The molecule has 0 saturated carbocycles. The topological polar surface area (TPSA) is 58.2 Å². The molecule has 126 valence electrons. The third-order valence-corrected chi connectivity index (χ3v) is 5.78. The zero-order valence-corrected chi connectivity index (χ0v) is 14.5. The van der Waals surface area contributed by atoms with Crippen molar-refractivity contribution in [2.75, 3.05) is 18.8 Å². The molecule has 4 rings (SSSR count).